The summed E-state index contributed by atoms with van der Waals surface area (Å²) in [6.07, 6.45) is 0. The summed E-state index contributed by atoms with van der Waals surface area (Å²) in [7, 11) is 0. The first-order valence-electron chi connectivity index (χ1n) is 11.2. The van der Waals surface area contributed by atoms with E-state index in [0.29, 0.717) is 47.5 Å². The van der Waals surface area contributed by atoms with Gasteiger partial charge in [0, 0.05) is 23.7 Å². The average Bonchev–Trinajstić information content (AvgIpc) is 3.43. The summed E-state index contributed by atoms with van der Waals surface area (Å²) in [5, 5.41) is 8.20. The van der Waals surface area contributed by atoms with Crippen molar-refractivity contribution in [2.24, 2.45) is 0 Å². The molecule has 0 spiro atoms. The van der Waals surface area contributed by atoms with Crippen molar-refractivity contribution in [3.05, 3.63) is 64.9 Å². The van der Waals surface area contributed by atoms with E-state index in [2.05, 4.69) is 10.4 Å². The lowest BCUT2D eigenvalue weighted by Gasteiger charge is -2.21. The fourth-order valence-corrected chi connectivity index (χ4v) is 5.04. The lowest BCUT2D eigenvalue weighted by Crippen LogP contribution is -2.37. The molecule has 1 aliphatic heterocycles. The molecule has 2 aromatic carbocycles. The Morgan fingerprint density at radius 1 is 1.11 bits per heavy atom. The molecule has 0 fully saturated rings. The number of halogens is 1. The van der Waals surface area contributed by atoms with E-state index < -0.39 is 0 Å². The molecule has 3 heterocycles. The smallest absolute Gasteiger partial charge is 0.264 e. The molecular formula is C25H23FN4O4S. The van der Waals surface area contributed by atoms with Gasteiger partial charge >= 0.3 is 0 Å². The molecule has 0 radical (unpaired) electrons. The standard InChI is InChI=1S/C25H23FN4O4S/c1-3-29(14-23(31)27-17-6-9-20-21(12-17)34-11-10-33-20)24(32)22-13-19-15(2)28-30(25(19)35-22)18-7-4-16(26)5-8-18/h4-9,12-13H,3,10-11,14H2,1-2H3,(H,27,31). The Kier molecular flexibility index (Phi) is 6.12. The van der Waals surface area contributed by atoms with Crippen molar-refractivity contribution in [2.75, 3.05) is 31.6 Å². The van der Waals surface area contributed by atoms with Crippen LogP contribution in [0, 0.1) is 12.7 Å². The van der Waals surface area contributed by atoms with Crippen molar-refractivity contribution >= 4 is 39.1 Å². The Morgan fingerprint density at radius 2 is 1.86 bits per heavy atom. The highest BCUT2D eigenvalue weighted by atomic mass is 32.1. The van der Waals surface area contributed by atoms with E-state index in [4.69, 9.17) is 9.47 Å². The number of rotatable bonds is 6. The van der Waals surface area contributed by atoms with Gasteiger partial charge in [0.15, 0.2) is 11.5 Å². The Morgan fingerprint density at radius 3 is 2.60 bits per heavy atom. The van der Waals surface area contributed by atoms with Gasteiger partial charge in [0.1, 0.15) is 30.4 Å². The number of nitrogens with zero attached hydrogens (tertiary/aromatic N) is 3. The lowest BCUT2D eigenvalue weighted by molar-refractivity contribution is -0.116. The normalized spacial score (nSPS) is 12.5. The lowest BCUT2D eigenvalue weighted by atomic mass is 10.2. The van der Waals surface area contributed by atoms with Crippen LogP contribution in [0.2, 0.25) is 0 Å². The maximum Gasteiger partial charge on any atom is 0.264 e. The van der Waals surface area contributed by atoms with Crippen LogP contribution < -0.4 is 14.8 Å². The number of aryl methyl sites for hydroxylation is 1. The van der Waals surface area contributed by atoms with Crippen LogP contribution in [0.4, 0.5) is 10.1 Å². The molecule has 0 saturated carbocycles. The van der Waals surface area contributed by atoms with Crippen molar-refractivity contribution in [3.63, 3.8) is 0 Å². The fourth-order valence-electron chi connectivity index (χ4n) is 3.89. The van der Waals surface area contributed by atoms with Crippen LogP contribution in [0.15, 0.2) is 48.5 Å². The molecule has 1 aliphatic rings. The molecule has 0 unspecified atom stereocenters. The van der Waals surface area contributed by atoms with Gasteiger partial charge in [-0.05, 0) is 56.3 Å². The van der Waals surface area contributed by atoms with Gasteiger partial charge in [-0.25, -0.2) is 9.07 Å². The highest BCUT2D eigenvalue weighted by Crippen LogP contribution is 2.33. The van der Waals surface area contributed by atoms with Crippen LogP contribution in [0.25, 0.3) is 15.9 Å². The highest BCUT2D eigenvalue weighted by Gasteiger charge is 2.23. The van der Waals surface area contributed by atoms with Gasteiger partial charge in [0.25, 0.3) is 5.91 Å². The van der Waals surface area contributed by atoms with Crippen LogP contribution in [-0.4, -0.2) is 52.8 Å². The van der Waals surface area contributed by atoms with Crippen LogP contribution in [0.1, 0.15) is 22.3 Å². The molecule has 0 atom stereocenters. The van der Waals surface area contributed by atoms with E-state index in [1.54, 1.807) is 41.1 Å². The summed E-state index contributed by atoms with van der Waals surface area (Å²) in [6.45, 7) is 4.91. The van der Waals surface area contributed by atoms with Gasteiger partial charge in [-0.3, -0.25) is 9.59 Å². The molecule has 10 heteroatoms. The number of aromatic nitrogens is 2. The third-order valence-corrected chi connectivity index (χ3v) is 6.75. The van der Waals surface area contributed by atoms with E-state index in [9.17, 15) is 14.0 Å². The number of fused-ring (bicyclic) bond motifs is 2. The summed E-state index contributed by atoms with van der Waals surface area (Å²) in [6, 6.07) is 13.0. The van der Waals surface area contributed by atoms with Crippen molar-refractivity contribution in [1.29, 1.82) is 0 Å². The summed E-state index contributed by atoms with van der Waals surface area (Å²) >= 11 is 1.30. The monoisotopic (exact) mass is 494 g/mol. The number of hydrogen-bond acceptors (Lipinski definition) is 6. The summed E-state index contributed by atoms with van der Waals surface area (Å²) in [4.78, 5) is 28.8. The summed E-state index contributed by atoms with van der Waals surface area (Å²) in [5.74, 6) is 0.332. The summed E-state index contributed by atoms with van der Waals surface area (Å²) in [5.41, 5.74) is 2.04. The van der Waals surface area contributed by atoms with Crippen LogP contribution in [-0.2, 0) is 4.79 Å². The zero-order valence-electron chi connectivity index (χ0n) is 19.2. The first-order chi connectivity index (χ1) is 16.9. The van der Waals surface area contributed by atoms with Gasteiger partial charge in [-0.15, -0.1) is 11.3 Å². The molecule has 0 saturated heterocycles. The van der Waals surface area contributed by atoms with E-state index in [0.717, 1.165) is 15.9 Å². The minimum atomic E-state index is -0.330. The Hall–Kier alpha value is -3.92. The van der Waals surface area contributed by atoms with Crippen LogP contribution >= 0.6 is 11.3 Å². The van der Waals surface area contributed by atoms with E-state index in [1.165, 1.54) is 28.4 Å². The maximum absolute atomic E-state index is 13.4. The third-order valence-electron chi connectivity index (χ3n) is 5.66. The molecule has 4 aromatic rings. The number of carbonyl (C=O) groups is 2. The number of carbonyl (C=O) groups excluding carboxylic acids is 2. The zero-order valence-corrected chi connectivity index (χ0v) is 20.0. The first-order valence-corrected chi connectivity index (χ1v) is 12.0. The summed E-state index contributed by atoms with van der Waals surface area (Å²) < 4.78 is 26.1. The zero-order chi connectivity index (χ0) is 24.5. The molecule has 0 aliphatic carbocycles. The number of ether oxygens (including phenoxy) is 2. The number of amides is 2. The van der Waals surface area contributed by atoms with Crippen molar-refractivity contribution in [3.8, 4) is 17.2 Å². The minimum Gasteiger partial charge on any atom is -0.486 e. The number of thiophene rings is 1. The number of nitrogens with one attached hydrogen (secondary N) is 1. The molecule has 2 aromatic heterocycles. The molecule has 1 N–H and O–H groups in total. The van der Waals surface area contributed by atoms with E-state index in [-0.39, 0.29) is 24.2 Å². The molecule has 0 bridgehead atoms. The van der Waals surface area contributed by atoms with Crippen molar-refractivity contribution in [2.45, 2.75) is 13.8 Å². The second-order valence-electron chi connectivity index (χ2n) is 8.03. The molecule has 8 nitrogen and oxygen atoms in total. The largest absolute Gasteiger partial charge is 0.486 e. The Labute approximate surface area is 204 Å². The van der Waals surface area contributed by atoms with Gasteiger partial charge in [0.05, 0.1) is 16.3 Å². The Balaban J connectivity index is 1.33. The van der Waals surface area contributed by atoms with Gasteiger partial charge in [0.2, 0.25) is 5.91 Å². The van der Waals surface area contributed by atoms with E-state index >= 15 is 0 Å². The van der Waals surface area contributed by atoms with Gasteiger partial charge in [-0.1, -0.05) is 0 Å². The quantitative estimate of drug-likeness (QED) is 0.429. The predicted octanol–water partition coefficient (Wildman–Crippen LogP) is 4.41. The molecule has 5 rings (SSSR count). The maximum atomic E-state index is 13.4. The van der Waals surface area contributed by atoms with E-state index in [1.807, 2.05) is 13.8 Å². The first kappa shape index (κ1) is 22.9. The molecule has 180 valence electrons. The SMILES string of the molecule is CCN(CC(=O)Nc1ccc2c(c1)OCCO2)C(=O)c1cc2c(C)nn(-c3ccc(F)cc3)c2s1. The Bertz CT molecular complexity index is 1410. The second kappa shape index (κ2) is 9.38. The van der Waals surface area contributed by atoms with Gasteiger partial charge in [-0.2, -0.15) is 5.10 Å². The van der Waals surface area contributed by atoms with Crippen LogP contribution in [0.3, 0.4) is 0 Å². The predicted molar refractivity (Wildman–Crippen MR) is 131 cm³/mol. The highest BCUT2D eigenvalue weighted by molar-refractivity contribution is 7.20. The number of likely N-dealkylation sites (N-methyl/N-ethyl adjacent to an activating group) is 1. The molecule has 35 heavy (non-hydrogen) atoms. The average molecular weight is 495 g/mol. The molecular weight excluding hydrogens is 471 g/mol. The minimum absolute atomic E-state index is 0.0961. The number of benzene rings is 2. The number of hydrogen-bond donors (Lipinski definition) is 1. The van der Waals surface area contributed by atoms with Gasteiger partial charge < -0.3 is 19.7 Å². The topological polar surface area (TPSA) is 85.7 Å². The second-order valence-corrected chi connectivity index (χ2v) is 9.06. The third kappa shape index (κ3) is 4.57. The fraction of sp³-hybridized carbons (Fsp3) is 0.240. The van der Waals surface area contributed by atoms with Crippen molar-refractivity contribution < 1.29 is 23.5 Å². The van der Waals surface area contributed by atoms with Crippen molar-refractivity contribution in [1.82, 2.24) is 14.7 Å². The number of anilines is 1. The molecule has 2 amide bonds. The van der Waals surface area contributed by atoms with Crippen LogP contribution in [0.5, 0.6) is 11.5 Å².